The normalized spacial score (nSPS) is 21.0. The first-order valence-corrected chi connectivity index (χ1v) is 9.59. The van der Waals surface area contributed by atoms with E-state index in [-0.39, 0.29) is 11.6 Å². The van der Waals surface area contributed by atoms with Crippen molar-refractivity contribution in [2.24, 2.45) is 5.92 Å². The molecule has 0 saturated carbocycles. The van der Waals surface area contributed by atoms with Gasteiger partial charge in [-0.1, -0.05) is 23.7 Å². The number of carbonyl (C=O) groups is 2. The molecule has 0 radical (unpaired) electrons. The van der Waals surface area contributed by atoms with Crippen molar-refractivity contribution in [3.63, 3.8) is 0 Å². The molecule has 0 bridgehead atoms. The molecule has 27 heavy (non-hydrogen) atoms. The van der Waals surface area contributed by atoms with Crippen LogP contribution < -0.4 is 0 Å². The number of nitrogens with zero attached hydrogens (tertiary/aromatic N) is 2. The van der Waals surface area contributed by atoms with Crippen LogP contribution in [-0.4, -0.2) is 34.6 Å². The van der Waals surface area contributed by atoms with Crippen molar-refractivity contribution in [2.45, 2.75) is 32.2 Å². The van der Waals surface area contributed by atoms with Crippen LogP contribution in [0.3, 0.4) is 0 Å². The third kappa shape index (κ3) is 3.62. The Hall–Kier alpha value is -2.24. The molecular weight excluding hydrogens is 364 g/mol. The molecule has 1 atom stereocenters. The van der Waals surface area contributed by atoms with E-state index in [9.17, 15) is 9.59 Å². The summed E-state index contributed by atoms with van der Waals surface area (Å²) in [4.78, 5) is 25.5. The predicted molar refractivity (Wildman–Crippen MR) is 103 cm³/mol. The molecule has 1 aliphatic heterocycles. The number of aryl methyl sites for hydroxylation is 1. The molecule has 1 aromatic heterocycles. The fourth-order valence-corrected chi connectivity index (χ4v) is 3.92. The maximum absolute atomic E-state index is 12.9. The van der Waals surface area contributed by atoms with E-state index < -0.39 is 6.04 Å². The Balaban J connectivity index is 1.56. The Labute approximate surface area is 163 Å². The largest absolute Gasteiger partial charge is 0.381 e. The predicted octanol–water partition coefficient (Wildman–Crippen LogP) is 3.95. The Kier molecular flexibility index (Phi) is 4.98. The minimum Gasteiger partial charge on any atom is -0.381 e. The molecule has 5 nitrogen and oxygen atoms in total. The van der Waals surface area contributed by atoms with Crippen molar-refractivity contribution in [3.8, 4) is 11.3 Å². The number of hydrogen-bond donors (Lipinski definition) is 0. The molecule has 0 amide bonds. The molecule has 4 rings (SSSR count). The van der Waals surface area contributed by atoms with Crippen molar-refractivity contribution in [2.75, 3.05) is 13.2 Å². The highest BCUT2D eigenvalue weighted by Crippen LogP contribution is 2.32. The van der Waals surface area contributed by atoms with Crippen molar-refractivity contribution in [1.29, 1.82) is 0 Å². The van der Waals surface area contributed by atoms with E-state index in [0.717, 1.165) is 43.0 Å². The number of allylic oxidation sites excluding steroid dienone is 2. The SMILES string of the molecule is Cc1cc(-c2ccc(Cl)cc2)nn1C1C(=O)C=C(CC2CCOCC2)C1=O. The molecule has 6 heteroatoms. The Morgan fingerprint density at radius 3 is 2.59 bits per heavy atom. The summed E-state index contributed by atoms with van der Waals surface area (Å²) in [7, 11) is 0. The lowest BCUT2D eigenvalue weighted by atomic mass is 9.91. The second-order valence-electron chi connectivity index (χ2n) is 7.22. The van der Waals surface area contributed by atoms with E-state index in [1.807, 2.05) is 25.1 Å². The summed E-state index contributed by atoms with van der Waals surface area (Å²) in [6.07, 6.45) is 4.04. The van der Waals surface area contributed by atoms with Gasteiger partial charge in [-0.25, -0.2) is 0 Å². The summed E-state index contributed by atoms with van der Waals surface area (Å²) in [6.45, 7) is 3.32. The van der Waals surface area contributed by atoms with Crippen molar-refractivity contribution in [1.82, 2.24) is 9.78 Å². The highest BCUT2D eigenvalue weighted by Gasteiger charge is 2.38. The highest BCUT2D eigenvalue weighted by molar-refractivity contribution is 6.30. The fraction of sp³-hybridized carbons (Fsp3) is 0.381. The zero-order valence-electron chi connectivity index (χ0n) is 15.2. The molecule has 2 aliphatic rings. The molecule has 1 saturated heterocycles. The number of ether oxygens (including phenoxy) is 1. The molecule has 0 spiro atoms. The molecule has 1 aliphatic carbocycles. The Morgan fingerprint density at radius 1 is 1.19 bits per heavy atom. The van der Waals surface area contributed by atoms with E-state index in [4.69, 9.17) is 16.3 Å². The van der Waals surface area contributed by atoms with E-state index in [1.54, 1.807) is 16.8 Å². The van der Waals surface area contributed by atoms with E-state index >= 15 is 0 Å². The minimum atomic E-state index is -0.874. The van der Waals surface area contributed by atoms with Gasteiger partial charge in [0.1, 0.15) is 0 Å². The molecule has 1 fully saturated rings. The van der Waals surface area contributed by atoms with Crippen molar-refractivity contribution in [3.05, 3.63) is 52.7 Å². The summed E-state index contributed by atoms with van der Waals surface area (Å²) in [5, 5.41) is 5.20. The second-order valence-corrected chi connectivity index (χ2v) is 7.66. The summed E-state index contributed by atoms with van der Waals surface area (Å²) in [5.41, 5.74) is 3.03. The van der Waals surface area contributed by atoms with Crippen LogP contribution >= 0.6 is 11.6 Å². The van der Waals surface area contributed by atoms with Gasteiger partial charge < -0.3 is 4.74 Å². The third-order valence-electron chi connectivity index (χ3n) is 5.31. The van der Waals surface area contributed by atoms with Gasteiger partial charge in [-0.2, -0.15) is 5.10 Å². The lowest BCUT2D eigenvalue weighted by molar-refractivity contribution is -0.125. The number of halogens is 1. The number of ketones is 2. The van der Waals surface area contributed by atoms with Crippen LogP contribution in [0.25, 0.3) is 11.3 Å². The van der Waals surface area contributed by atoms with Crippen LogP contribution in [0.15, 0.2) is 42.0 Å². The van der Waals surface area contributed by atoms with Gasteiger partial charge in [0.05, 0.1) is 5.69 Å². The second kappa shape index (κ2) is 7.41. The fourth-order valence-electron chi connectivity index (χ4n) is 3.79. The van der Waals surface area contributed by atoms with Crippen LogP contribution in [0.2, 0.25) is 5.02 Å². The summed E-state index contributed by atoms with van der Waals surface area (Å²) < 4.78 is 6.93. The number of aromatic nitrogens is 2. The van der Waals surface area contributed by atoms with Crippen molar-refractivity contribution < 1.29 is 14.3 Å². The first-order valence-electron chi connectivity index (χ1n) is 9.21. The van der Waals surface area contributed by atoms with Gasteiger partial charge in [0, 0.05) is 35.1 Å². The average molecular weight is 385 g/mol. The van der Waals surface area contributed by atoms with Gasteiger partial charge in [-0.05, 0) is 56.4 Å². The number of carbonyl (C=O) groups excluding carboxylic acids is 2. The van der Waals surface area contributed by atoms with Crippen LogP contribution in [0.1, 0.15) is 31.0 Å². The molecule has 1 aromatic carbocycles. The van der Waals surface area contributed by atoms with Gasteiger partial charge in [-0.3, -0.25) is 14.3 Å². The molecule has 0 N–H and O–H groups in total. The lowest BCUT2D eigenvalue weighted by Crippen LogP contribution is -2.25. The summed E-state index contributed by atoms with van der Waals surface area (Å²) in [5.74, 6) is 0.0973. The molecular formula is C21H21ClN2O3. The van der Waals surface area contributed by atoms with Gasteiger partial charge >= 0.3 is 0 Å². The molecule has 2 heterocycles. The average Bonchev–Trinajstić information content (AvgIpc) is 3.16. The van der Waals surface area contributed by atoms with Crippen molar-refractivity contribution >= 4 is 23.2 Å². The topological polar surface area (TPSA) is 61.2 Å². The monoisotopic (exact) mass is 384 g/mol. The summed E-state index contributed by atoms with van der Waals surface area (Å²) >= 11 is 5.94. The Bertz CT molecular complexity index is 908. The first-order chi connectivity index (χ1) is 13.0. The number of hydrogen-bond acceptors (Lipinski definition) is 4. The number of Topliss-reactive ketones (excluding diaryl/α,β-unsaturated/α-hetero) is 1. The van der Waals surface area contributed by atoms with E-state index in [0.29, 0.717) is 22.9 Å². The van der Waals surface area contributed by atoms with Crippen LogP contribution in [-0.2, 0) is 14.3 Å². The van der Waals surface area contributed by atoms with Gasteiger partial charge in [0.25, 0.3) is 0 Å². The Morgan fingerprint density at radius 2 is 1.89 bits per heavy atom. The number of rotatable bonds is 4. The lowest BCUT2D eigenvalue weighted by Gasteiger charge is -2.22. The maximum Gasteiger partial charge on any atom is 0.191 e. The van der Waals surface area contributed by atoms with E-state index in [1.165, 1.54) is 6.08 Å². The molecule has 140 valence electrons. The minimum absolute atomic E-state index is 0.125. The molecule has 2 aromatic rings. The van der Waals surface area contributed by atoms with Crippen LogP contribution in [0, 0.1) is 12.8 Å². The highest BCUT2D eigenvalue weighted by atomic mass is 35.5. The standard InChI is InChI=1S/C21H21ClN2O3/c1-13-10-18(15-2-4-17(22)5-3-15)23-24(13)20-19(25)12-16(21(20)26)11-14-6-8-27-9-7-14/h2-5,10,12,14,20H,6-9,11H2,1H3. The first kappa shape index (κ1) is 18.1. The van der Waals surface area contributed by atoms with Gasteiger partial charge in [0.15, 0.2) is 17.6 Å². The molecule has 1 unspecified atom stereocenters. The van der Waals surface area contributed by atoms with Crippen LogP contribution in [0.4, 0.5) is 0 Å². The third-order valence-corrected chi connectivity index (χ3v) is 5.56. The number of benzene rings is 1. The quantitative estimate of drug-likeness (QED) is 0.749. The summed E-state index contributed by atoms with van der Waals surface area (Å²) in [6, 6.07) is 8.36. The zero-order chi connectivity index (χ0) is 19.0. The smallest absolute Gasteiger partial charge is 0.191 e. The van der Waals surface area contributed by atoms with E-state index in [2.05, 4.69) is 5.10 Å². The van der Waals surface area contributed by atoms with Crippen LogP contribution in [0.5, 0.6) is 0 Å². The van der Waals surface area contributed by atoms with Gasteiger partial charge in [-0.15, -0.1) is 0 Å². The van der Waals surface area contributed by atoms with Gasteiger partial charge in [0.2, 0.25) is 0 Å². The maximum atomic E-state index is 12.9. The zero-order valence-corrected chi connectivity index (χ0v) is 15.9.